The molecule has 3 rings (SSSR count). The summed E-state index contributed by atoms with van der Waals surface area (Å²) in [5.41, 5.74) is 2.15. The van der Waals surface area contributed by atoms with Crippen molar-refractivity contribution in [3.63, 3.8) is 0 Å². The molecule has 0 unspecified atom stereocenters. The lowest BCUT2D eigenvalue weighted by molar-refractivity contribution is 0.249. The van der Waals surface area contributed by atoms with Gasteiger partial charge in [-0.15, -0.1) is 0 Å². The van der Waals surface area contributed by atoms with Crippen molar-refractivity contribution in [2.75, 3.05) is 38.2 Å². The normalized spacial score (nSPS) is 15.5. The van der Waals surface area contributed by atoms with E-state index in [1.807, 2.05) is 24.3 Å². The first kappa shape index (κ1) is 17.0. The van der Waals surface area contributed by atoms with Gasteiger partial charge < -0.3 is 14.7 Å². The van der Waals surface area contributed by atoms with Crippen molar-refractivity contribution in [2.45, 2.75) is 6.54 Å². The van der Waals surface area contributed by atoms with Crippen molar-refractivity contribution in [2.24, 2.45) is 0 Å². The van der Waals surface area contributed by atoms with Gasteiger partial charge in [0.25, 0.3) is 0 Å². The van der Waals surface area contributed by atoms with Crippen LogP contribution in [0.3, 0.4) is 0 Å². The van der Waals surface area contributed by atoms with E-state index >= 15 is 0 Å². The summed E-state index contributed by atoms with van der Waals surface area (Å²) in [5, 5.41) is 9.89. The average Bonchev–Trinajstić information content (AvgIpc) is 2.59. The lowest BCUT2D eigenvalue weighted by Gasteiger charge is -2.36. The van der Waals surface area contributed by atoms with Crippen molar-refractivity contribution in [1.82, 2.24) is 4.90 Å². The maximum absolute atomic E-state index is 13.0. The molecule has 4 nitrogen and oxygen atoms in total. The molecular formula is C18H20BrFN2O2. The molecule has 0 radical (unpaired) electrons. The molecule has 0 amide bonds. The number of phenolic OH excluding ortho intramolecular Hbond substituents is 1. The standard InChI is InChI=1S/C18H20BrFN2O2/c1-24-17-11-13(10-16(19)18(17)23)12-21-6-8-22(9-7-21)15-4-2-14(20)3-5-15/h2-5,10-11,23H,6-9,12H2,1H3. The van der Waals surface area contributed by atoms with Crippen molar-refractivity contribution in [3.05, 3.63) is 52.3 Å². The van der Waals surface area contributed by atoms with Gasteiger partial charge in [0, 0.05) is 38.4 Å². The van der Waals surface area contributed by atoms with E-state index in [9.17, 15) is 9.50 Å². The quantitative estimate of drug-likeness (QED) is 0.858. The van der Waals surface area contributed by atoms with E-state index in [4.69, 9.17) is 4.74 Å². The fourth-order valence-electron chi connectivity index (χ4n) is 2.95. The second kappa shape index (κ2) is 7.40. The molecule has 0 aromatic heterocycles. The number of benzene rings is 2. The number of rotatable bonds is 4. The third kappa shape index (κ3) is 3.82. The molecule has 128 valence electrons. The zero-order valence-corrected chi connectivity index (χ0v) is 15.1. The molecule has 1 aliphatic heterocycles. The molecule has 0 aliphatic carbocycles. The Labute approximate surface area is 149 Å². The minimum atomic E-state index is -0.204. The summed E-state index contributed by atoms with van der Waals surface area (Å²) in [5.74, 6) is 0.399. The number of methoxy groups -OCH3 is 1. The van der Waals surface area contributed by atoms with Crippen LogP contribution < -0.4 is 9.64 Å². The zero-order valence-electron chi connectivity index (χ0n) is 13.5. The lowest BCUT2D eigenvalue weighted by atomic mass is 10.1. The molecule has 0 spiro atoms. The van der Waals surface area contributed by atoms with E-state index in [0.717, 1.165) is 44.0 Å². The second-order valence-electron chi connectivity index (χ2n) is 5.87. The van der Waals surface area contributed by atoms with Gasteiger partial charge in [0.15, 0.2) is 11.5 Å². The van der Waals surface area contributed by atoms with Crippen LogP contribution in [0.1, 0.15) is 5.56 Å². The van der Waals surface area contributed by atoms with Crippen LogP contribution in [0.15, 0.2) is 40.9 Å². The fraction of sp³-hybridized carbons (Fsp3) is 0.333. The monoisotopic (exact) mass is 394 g/mol. The molecule has 24 heavy (non-hydrogen) atoms. The van der Waals surface area contributed by atoms with Gasteiger partial charge in [-0.25, -0.2) is 4.39 Å². The highest BCUT2D eigenvalue weighted by Crippen LogP contribution is 2.35. The van der Waals surface area contributed by atoms with Gasteiger partial charge in [0.2, 0.25) is 0 Å². The van der Waals surface area contributed by atoms with Crippen molar-refractivity contribution < 1.29 is 14.2 Å². The summed E-state index contributed by atoms with van der Waals surface area (Å²) in [6, 6.07) is 10.4. The summed E-state index contributed by atoms with van der Waals surface area (Å²) >= 11 is 3.36. The Bertz CT molecular complexity index is 701. The Morgan fingerprint density at radius 1 is 1.12 bits per heavy atom. The number of aromatic hydroxyl groups is 1. The van der Waals surface area contributed by atoms with Crippen molar-refractivity contribution in [3.8, 4) is 11.5 Å². The maximum Gasteiger partial charge on any atom is 0.172 e. The molecule has 1 heterocycles. The molecule has 0 saturated carbocycles. The third-order valence-corrected chi connectivity index (χ3v) is 4.88. The van der Waals surface area contributed by atoms with Crippen LogP contribution in [0.25, 0.3) is 0 Å². The minimum absolute atomic E-state index is 0.127. The number of hydrogen-bond acceptors (Lipinski definition) is 4. The van der Waals surface area contributed by atoms with Crippen LogP contribution in [0.4, 0.5) is 10.1 Å². The molecule has 1 aliphatic rings. The van der Waals surface area contributed by atoms with Gasteiger partial charge in [-0.1, -0.05) is 0 Å². The number of ether oxygens (including phenoxy) is 1. The molecular weight excluding hydrogens is 375 g/mol. The van der Waals surface area contributed by atoms with Crippen LogP contribution in [0, 0.1) is 5.82 Å². The summed E-state index contributed by atoms with van der Waals surface area (Å²) in [7, 11) is 1.55. The Morgan fingerprint density at radius 3 is 2.42 bits per heavy atom. The van der Waals surface area contributed by atoms with Gasteiger partial charge in [0.1, 0.15) is 5.82 Å². The maximum atomic E-state index is 13.0. The van der Waals surface area contributed by atoms with E-state index in [0.29, 0.717) is 10.2 Å². The van der Waals surface area contributed by atoms with Crippen LogP contribution >= 0.6 is 15.9 Å². The van der Waals surface area contributed by atoms with Crippen molar-refractivity contribution in [1.29, 1.82) is 0 Å². The minimum Gasteiger partial charge on any atom is -0.503 e. The number of anilines is 1. The first-order valence-electron chi connectivity index (χ1n) is 7.85. The Morgan fingerprint density at radius 2 is 1.79 bits per heavy atom. The molecule has 2 aromatic carbocycles. The molecule has 1 fully saturated rings. The number of nitrogens with zero attached hydrogens (tertiary/aromatic N) is 2. The van der Waals surface area contributed by atoms with E-state index in [2.05, 4.69) is 25.7 Å². The van der Waals surface area contributed by atoms with Crippen LogP contribution in [0.5, 0.6) is 11.5 Å². The largest absolute Gasteiger partial charge is 0.503 e. The molecule has 1 saturated heterocycles. The zero-order chi connectivity index (χ0) is 17.1. The predicted octanol–water partition coefficient (Wildman–Crippen LogP) is 3.62. The SMILES string of the molecule is COc1cc(CN2CCN(c3ccc(F)cc3)CC2)cc(Br)c1O. The highest BCUT2D eigenvalue weighted by Gasteiger charge is 2.18. The van der Waals surface area contributed by atoms with E-state index in [1.165, 1.54) is 12.1 Å². The van der Waals surface area contributed by atoms with E-state index in [-0.39, 0.29) is 11.6 Å². The van der Waals surface area contributed by atoms with E-state index < -0.39 is 0 Å². The van der Waals surface area contributed by atoms with Crippen LogP contribution in [-0.2, 0) is 6.54 Å². The number of halogens is 2. The van der Waals surface area contributed by atoms with Crippen LogP contribution in [-0.4, -0.2) is 43.3 Å². The predicted molar refractivity (Wildman–Crippen MR) is 96.2 cm³/mol. The number of hydrogen-bond donors (Lipinski definition) is 1. The number of piperazine rings is 1. The number of phenols is 1. The average molecular weight is 395 g/mol. The van der Waals surface area contributed by atoms with Crippen molar-refractivity contribution >= 4 is 21.6 Å². The Balaban J connectivity index is 1.61. The first-order chi connectivity index (χ1) is 11.6. The van der Waals surface area contributed by atoms with Crippen LogP contribution in [0.2, 0.25) is 0 Å². The smallest absolute Gasteiger partial charge is 0.172 e. The Hall–Kier alpha value is -1.79. The molecule has 0 atom stereocenters. The fourth-order valence-corrected chi connectivity index (χ4v) is 3.44. The van der Waals surface area contributed by atoms with Gasteiger partial charge in [0.05, 0.1) is 11.6 Å². The first-order valence-corrected chi connectivity index (χ1v) is 8.64. The van der Waals surface area contributed by atoms with Gasteiger partial charge in [-0.3, -0.25) is 4.90 Å². The molecule has 6 heteroatoms. The third-order valence-electron chi connectivity index (χ3n) is 4.28. The summed E-state index contributed by atoms with van der Waals surface area (Å²) in [4.78, 5) is 4.63. The summed E-state index contributed by atoms with van der Waals surface area (Å²) in [6.07, 6.45) is 0. The highest BCUT2D eigenvalue weighted by atomic mass is 79.9. The lowest BCUT2D eigenvalue weighted by Crippen LogP contribution is -2.45. The topological polar surface area (TPSA) is 35.9 Å². The second-order valence-corrected chi connectivity index (χ2v) is 6.72. The molecule has 1 N–H and O–H groups in total. The molecule has 2 aromatic rings. The summed E-state index contributed by atoms with van der Waals surface area (Å²) in [6.45, 7) is 4.47. The van der Waals surface area contributed by atoms with E-state index in [1.54, 1.807) is 7.11 Å². The molecule has 0 bridgehead atoms. The van der Waals surface area contributed by atoms with Gasteiger partial charge in [-0.2, -0.15) is 0 Å². The van der Waals surface area contributed by atoms with Gasteiger partial charge in [-0.05, 0) is 57.9 Å². The summed E-state index contributed by atoms with van der Waals surface area (Å²) < 4.78 is 18.9. The Kier molecular flexibility index (Phi) is 5.26. The van der Waals surface area contributed by atoms with Gasteiger partial charge >= 0.3 is 0 Å². The highest BCUT2D eigenvalue weighted by molar-refractivity contribution is 9.10.